The summed E-state index contributed by atoms with van der Waals surface area (Å²) in [7, 11) is 0. The number of piperidine rings is 1. The molecule has 9 nitrogen and oxygen atoms in total. The molecule has 5 rings (SSSR count). The van der Waals surface area contributed by atoms with E-state index in [1.807, 2.05) is 34.1 Å². The van der Waals surface area contributed by atoms with Gasteiger partial charge in [-0.1, -0.05) is 50.2 Å². The van der Waals surface area contributed by atoms with Gasteiger partial charge in [-0.3, -0.25) is 9.69 Å². The molecule has 0 aliphatic carbocycles. The van der Waals surface area contributed by atoms with E-state index in [-0.39, 0.29) is 29.8 Å². The first-order chi connectivity index (χ1) is 16.0. The number of carbonyl (C=O) groups excluding carboxylic acids is 2. The van der Waals surface area contributed by atoms with Gasteiger partial charge < -0.3 is 14.6 Å². The number of aromatic nitrogens is 4. The van der Waals surface area contributed by atoms with Gasteiger partial charge in [0, 0.05) is 30.0 Å². The molecule has 2 aromatic heterocycles. The minimum atomic E-state index is -0.211. The van der Waals surface area contributed by atoms with Crippen molar-refractivity contribution in [1.82, 2.24) is 30.0 Å². The summed E-state index contributed by atoms with van der Waals surface area (Å²) in [6.45, 7) is 6.06. The fourth-order valence-corrected chi connectivity index (χ4v) is 5.44. The standard InChI is InChI=1S/C23H28N6O3S/c1-3-14(2)18-12-32-23(31)29(18)15-8-10-28(11-9-15)19(30)13-33-22-25-21-20(26-27-22)16-6-4-5-7-17(16)24-21/h4-7,14-15,18H,3,8-13H2,1-2H3,(H,24,25,27)/t14-,18-/m0/s1. The van der Waals surface area contributed by atoms with Gasteiger partial charge in [0.05, 0.1) is 11.8 Å². The van der Waals surface area contributed by atoms with Crippen LogP contribution >= 0.6 is 11.8 Å². The second-order valence-corrected chi connectivity index (χ2v) is 9.74. The molecule has 1 N–H and O–H groups in total. The summed E-state index contributed by atoms with van der Waals surface area (Å²) in [4.78, 5) is 36.7. The maximum Gasteiger partial charge on any atom is 0.410 e. The Balaban J connectivity index is 1.17. The maximum atomic E-state index is 12.8. The number of thioether (sulfide) groups is 1. The highest BCUT2D eigenvalue weighted by Crippen LogP contribution is 2.29. The van der Waals surface area contributed by atoms with Crippen molar-refractivity contribution in [2.75, 3.05) is 25.4 Å². The number of fused-ring (bicyclic) bond motifs is 3. The molecule has 4 heterocycles. The molecule has 2 aliphatic heterocycles. The highest BCUT2D eigenvalue weighted by atomic mass is 32.2. The molecular weight excluding hydrogens is 440 g/mol. The Morgan fingerprint density at radius 2 is 2.06 bits per heavy atom. The third-order valence-electron chi connectivity index (χ3n) is 6.88. The topological polar surface area (TPSA) is 104 Å². The van der Waals surface area contributed by atoms with Crippen LogP contribution in [0.1, 0.15) is 33.1 Å². The number of likely N-dealkylation sites (tertiary alicyclic amines) is 1. The Kier molecular flexibility index (Phi) is 6.09. The SMILES string of the molecule is CC[C@H](C)[C@@H]1COC(=O)N1C1CCN(C(=O)CSc2nnc3c(n2)[nH]c2ccccc23)CC1. The van der Waals surface area contributed by atoms with Crippen molar-refractivity contribution in [3.05, 3.63) is 24.3 Å². The number of para-hydroxylation sites is 1. The number of cyclic esters (lactones) is 1. The van der Waals surface area contributed by atoms with Crippen molar-refractivity contribution in [3.63, 3.8) is 0 Å². The average Bonchev–Trinajstić information content (AvgIpc) is 3.42. The molecule has 2 amide bonds. The van der Waals surface area contributed by atoms with Crippen LogP contribution in [-0.2, 0) is 9.53 Å². The van der Waals surface area contributed by atoms with Crippen molar-refractivity contribution in [1.29, 1.82) is 0 Å². The lowest BCUT2D eigenvalue weighted by atomic mass is 9.95. The van der Waals surface area contributed by atoms with E-state index < -0.39 is 0 Å². The zero-order valence-electron chi connectivity index (χ0n) is 18.9. The number of benzene rings is 1. The average molecular weight is 469 g/mol. The molecule has 0 radical (unpaired) electrons. The maximum absolute atomic E-state index is 12.8. The fraction of sp³-hybridized carbons (Fsp3) is 0.522. The van der Waals surface area contributed by atoms with Crippen LogP contribution in [0.25, 0.3) is 22.1 Å². The quantitative estimate of drug-likeness (QED) is 0.553. The van der Waals surface area contributed by atoms with Crippen LogP contribution in [-0.4, -0.2) is 79.5 Å². The number of amides is 2. The summed E-state index contributed by atoms with van der Waals surface area (Å²) in [6, 6.07) is 8.14. The number of aromatic amines is 1. The number of rotatable bonds is 6. The molecule has 0 unspecified atom stereocenters. The normalized spacial score (nSPS) is 20.5. The summed E-state index contributed by atoms with van der Waals surface area (Å²) in [6.07, 6.45) is 2.35. The molecule has 10 heteroatoms. The third-order valence-corrected chi connectivity index (χ3v) is 7.71. The lowest BCUT2D eigenvalue weighted by Crippen LogP contribution is -2.51. The first kappa shape index (κ1) is 21.9. The lowest BCUT2D eigenvalue weighted by molar-refractivity contribution is -0.129. The second kappa shape index (κ2) is 9.17. The predicted molar refractivity (Wildman–Crippen MR) is 126 cm³/mol. The second-order valence-electron chi connectivity index (χ2n) is 8.80. The van der Waals surface area contributed by atoms with Gasteiger partial charge in [-0.25, -0.2) is 9.78 Å². The Morgan fingerprint density at radius 3 is 2.85 bits per heavy atom. The molecule has 2 atom stereocenters. The number of hydrogen-bond donors (Lipinski definition) is 1. The molecule has 2 aliphatic rings. The minimum Gasteiger partial charge on any atom is -0.447 e. The first-order valence-corrected chi connectivity index (χ1v) is 12.5. The van der Waals surface area contributed by atoms with Crippen LogP contribution in [0.2, 0.25) is 0 Å². The molecule has 2 saturated heterocycles. The van der Waals surface area contributed by atoms with Crippen LogP contribution in [0.5, 0.6) is 0 Å². The summed E-state index contributed by atoms with van der Waals surface area (Å²) >= 11 is 1.30. The van der Waals surface area contributed by atoms with Crippen molar-refractivity contribution < 1.29 is 14.3 Å². The Hall–Kier alpha value is -2.88. The molecule has 0 spiro atoms. The molecule has 33 heavy (non-hydrogen) atoms. The summed E-state index contributed by atoms with van der Waals surface area (Å²) in [5.41, 5.74) is 2.38. The number of ether oxygens (including phenoxy) is 1. The molecule has 3 aromatic rings. The monoisotopic (exact) mass is 468 g/mol. The van der Waals surface area contributed by atoms with E-state index in [0.29, 0.717) is 36.4 Å². The van der Waals surface area contributed by atoms with Crippen LogP contribution in [0.3, 0.4) is 0 Å². The van der Waals surface area contributed by atoms with Gasteiger partial charge in [-0.05, 0) is 24.8 Å². The third kappa shape index (κ3) is 4.23. The summed E-state index contributed by atoms with van der Waals surface area (Å²) in [5.74, 6) is 0.719. The van der Waals surface area contributed by atoms with Gasteiger partial charge in [-0.2, -0.15) is 0 Å². The molecule has 174 valence electrons. The molecular formula is C23H28N6O3S. The van der Waals surface area contributed by atoms with E-state index in [4.69, 9.17) is 4.74 Å². The summed E-state index contributed by atoms with van der Waals surface area (Å²) < 4.78 is 5.35. The number of nitrogens with zero attached hydrogens (tertiary/aromatic N) is 5. The zero-order chi connectivity index (χ0) is 22.9. The first-order valence-electron chi connectivity index (χ1n) is 11.5. The smallest absolute Gasteiger partial charge is 0.410 e. The van der Waals surface area contributed by atoms with Gasteiger partial charge in [-0.15, -0.1) is 10.2 Å². The number of hydrogen-bond acceptors (Lipinski definition) is 7. The van der Waals surface area contributed by atoms with E-state index in [1.165, 1.54) is 11.8 Å². The van der Waals surface area contributed by atoms with Gasteiger partial charge in [0.15, 0.2) is 5.65 Å². The van der Waals surface area contributed by atoms with E-state index in [1.54, 1.807) is 0 Å². The Morgan fingerprint density at radius 1 is 1.27 bits per heavy atom. The predicted octanol–water partition coefficient (Wildman–Crippen LogP) is 3.46. The Bertz CT molecular complexity index is 1180. The van der Waals surface area contributed by atoms with Crippen molar-refractivity contribution in [2.24, 2.45) is 5.92 Å². The van der Waals surface area contributed by atoms with E-state index >= 15 is 0 Å². The van der Waals surface area contributed by atoms with E-state index in [9.17, 15) is 9.59 Å². The van der Waals surface area contributed by atoms with Crippen molar-refractivity contribution >= 4 is 45.8 Å². The summed E-state index contributed by atoms with van der Waals surface area (Å²) in [5, 5.41) is 9.98. The van der Waals surface area contributed by atoms with Gasteiger partial charge >= 0.3 is 6.09 Å². The lowest BCUT2D eigenvalue weighted by Gasteiger charge is -2.39. The number of H-pyrrole nitrogens is 1. The van der Waals surface area contributed by atoms with Gasteiger partial charge in [0.2, 0.25) is 11.1 Å². The van der Waals surface area contributed by atoms with Crippen LogP contribution in [0.4, 0.5) is 4.79 Å². The number of nitrogens with one attached hydrogen (secondary N) is 1. The zero-order valence-corrected chi connectivity index (χ0v) is 19.7. The van der Waals surface area contributed by atoms with Crippen molar-refractivity contribution in [3.8, 4) is 0 Å². The number of carbonyl (C=O) groups is 2. The largest absolute Gasteiger partial charge is 0.447 e. The van der Waals surface area contributed by atoms with E-state index in [0.717, 1.165) is 35.7 Å². The van der Waals surface area contributed by atoms with Crippen LogP contribution < -0.4 is 0 Å². The minimum absolute atomic E-state index is 0.0567. The Labute approximate surface area is 196 Å². The van der Waals surface area contributed by atoms with Crippen LogP contribution in [0.15, 0.2) is 29.4 Å². The molecule has 2 fully saturated rings. The van der Waals surface area contributed by atoms with Gasteiger partial charge in [0.1, 0.15) is 12.1 Å². The highest BCUT2D eigenvalue weighted by Gasteiger charge is 2.41. The molecule has 1 aromatic carbocycles. The fourth-order valence-electron chi connectivity index (χ4n) is 4.76. The highest BCUT2D eigenvalue weighted by molar-refractivity contribution is 7.99. The molecule has 0 saturated carbocycles. The molecule has 0 bridgehead atoms. The van der Waals surface area contributed by atoms with Crippen molar-refractivity contribution in [2.45, 2.75) is 50.4 Å². The van der Waals surface area contributed by atoms with E-state index in [2.05, 4.69) is 34.0 Å². The van der Waals surface area contributed by atoms with Gasteiger partial charge in [0.25, 0.3) is 0 Å². The van der Waals surface area contributed by atoms with Crippen LogP contribution in [0, 0.1) is 5.92 Å².